The van der Waals surface area contributed by atoms with Gasteiger partial charge in [-0.1, -0.05) is 0 Å². The fourth-order valence-electron chi connectivity index (χ4n) is 2.63. The Morgan fingerprint density at radius 1 is 1.30 bits per heavy atom. The van der Waals surface area contributed by atoms with Crippen molar-refractivity contribution in [3.8, 4) is 22.0 Å². The number of rotatable bonds is 4. The number of anilines is 1. The number of nitrogens with zero attached hydrogens (tertiary/aromatic N) is 3. The minimum atomic E-state index is -0.560. The first kappa shape index (κ1) is 17.2. The minimum Gasteiger partial charge on any atom is -0.463 e. The van der Waals surface area contributed by atoms with Crippen LogP contribution in [0.2, 0.25) is 0 Å². The summed E-state index contributed by atoms with van der Waals surface area (Å²) in [6.45, 7) is 1.73. The molecule has 27 heavy (non-hydrogen) atoms. The van der Waals surface area contributed by atoms with E-state index >= 15 is 0 Å². The monoisotopic (exact) mass is 382 g/mol. The van der Waals surface area contributed by atoms with Crippen molar-refractivity contribution >= 4 is 23.1 Å². The van der Waals surface area contributed by atoms with Gasteiger partial charge < -0.3 is 9.73 Å². The molecule has 136 valence electrons. The Bertz CT molecular complexity index is 1110. The molecule has 0 bridgehead atoms. The van der Waals surface area contributed by atoms with Crippen molar-refractivity contribution in [1.29, 1.82) is 0 Å². The smallest absolute Gasteiger partial charge is 0.266 e. The fourth-order valence-corrected chi connectivity index (χ4v) is 3.58. The molecule has 0 radical (unpaired) electrons. The number of amides is 1. The highest BCUT2D eigenvalue weighted by molar-refractivity contribution is 7.17. The molecule has 0 aliphatic carbocycles. The van der Waals surface area contributed by atoms with Crippen molar-refractivity contribution in [3.63, 3.8) is 0 Å². The Hall–Kier alpha value is -3.26. The molecular formula is C19H15FN4O2S. The van der Waals surface area contributed by atoms with E-state index in [1.54, 1.807) is 30.0 Å². The first-order chi connectivity index (χ1) is 13.0. The second kappa shape index (κ2) is 6.81. The number of aromatic nitrogens is 3. The highest BCUT2D eigenvalue weighted by atomic mass is 32.1. The van der Waals surface area contributed by atoms with Gasteiger partial charge in [0.2, 0.25) is 0 Å². The normalized spacial score (nSPS) is 10.9. The van der Waals surface area contributed by atoms with E-state index in [1.165, 1.54) is 23.6 Å². The second-order valence-corrected chi connectivity index (χ2v) is 7.06. The SMILES string of the molecule is Cc1cnc(NC(=O)c2ccc(-c3cc(-c4ccco4)nn3C)s2)c(F)c1. The number of nitrogens with one attached hydrogen (secondary N) is 1. The van der Waals surface area contributed by atoms with Gasteiger partial charge in [-0.05, 0) is 48.9 Å². The molecule has 4 heterocycles. The van der Waals surface area contributed by atoms with E-state index in [0.717, 1.165) is 10.6 Å². The molecule has 4 aromatic rings. The molecular weight excluding hydrogens is 367 g/mol. The van der Waals surface area contributed by atoms with Crippen molar-refractivity contribution in [3.05, 3.63) is 65.1 Å². The topological polar surface area (TPSA) is 73.0 Å². The number of carbonyl (C=O) groups excluding carboxylic acids is 1. The summed E-state index contributed by atoms with van der Waals surface area (Å²) in [7, 11) is 1.83. The van der Waals surface area contributed by atoms with Crippen LogP contribution in [-0.2, 0) is 7.05 Å². The molecule has 0 aliphatic rings. The summed E-state index contributed by atoms with van der Waals surface area (Å²) >= 11 is 1.29. The van der Waals surface area contributed by atoms with Gasteiger partial charge in [0.25, 0.3) is 5.91 Å². The Balaban J connectivity index is 1.57. The Morgan fingerprint density at radius 3 is 2.89 bits per heavy atom. The molecule has 0 spiro atoms. The molecule has 4 rings (SSSR count). The van der Waals surface area contributed by atoms with E-state index < -0.39 is 11.7 Å². The van der Waals surface area contributed by atoms with Gasteiger partial charge in [0.15, 0.2) is 17.4 Å². The molecule has 8 heteroatoms. The third-order valence-electron chi connectivity index (χ3n) is 3.95. The van der Waals surface area contributed by atoms with Crippen molar-refractivity contribution in [2.75, 3.05) is 5.32 Å². The van der Waals surface area contributed by atoms with Gasteiger partial charge in [0.1, 0.15) is 5.69 Å². The zero-order chi connectivity index (χ0) is 19.0. The average Bonchev–Trinajstić information content (AvgIpc) is 3.36. The maximum atomic E-state index is 13.9. The molecule has 1 N–H and O–H groups in total. The fraction of sp³-hybridized carbons (Fsp3) is 0.105. The number of carbonyl (C=O) groups is 1. The molecule has 1 amide bonds. The van der Waals surface area contributed by atoms with E-state index in [4.69, 9.17) is 4.42 Å². The molecule has 0 saturated heterocycles. The number of halogens is 1. The lowest BCUT2D eigenvalue weighted by molar-refractivity contribution is 0.102. The summed E-state index contributed by atoms with van der Waals surface area (Å²) in [5, 5.41) is 6.95. The molecule has 4 aromatic heterocycles. The molecule has 6 nitrogen and oxygen atoms in total. The largest absolute Gasteiger partial charge is 0.463 e. The maximum absolute atomic E-state index is 13.9. The van der Waals surface area contributed by atoms with Crippen LogP contribution < -0.4 is 5.32 Å². The van der Waals surface area contributed by atoms with Gasteiger partial charge in [0, 0.05) is 13.2 Å². The van der Waals surface area contributed by atoms with Gasteiger partial charge in [-0.2, -0.15) is 5.10 Å². The van der Waals surface area contributed by atoms with Gasteiger partial charge in [0.05, 0.1) is 21.7 Å². The summed E-state index contributed by atoms with van der Waals surface area (Å²) < 4.78 is 21.0. The third-order valence-corrected chi connectivity index (χ3v) is 5.05. The molecule has 0 atom stereocenters. The van der Waals surface area contributed by atoms with Gasteiger partial charge >= 0.3 is 0 Å². The summed E-state index contributed by atoms with van der Waals surface area (Å²) in [6, 6.07) is 10.4. The predicted octanol–water partition coefficient (Wildman–Crippen LogP) is 4.50. The highest BCUT2D eigenvalue weighted by Gasteiger charge is 2.16. The van der Waals surface area contributed by atoms with E-state index in [-0.39, 0.29) is 5.82 Å². The summed E-state index contributed by atoms with van der Waals surface area (Å²) in [5.41, 5.74) is 2.25. The van der Waals surface area contributed by atoms with Crippen LogP contribution in [0.25, 0.3) is 22.0 Å². The van der Waals surface area contributed by atoms with Crippen LogP contribution in [0.15, 0.2) is 53.3 Å². The zero-order valence-electron chi connectivity index (χ0n) is 14.6. The number of furan rings is 1. The lowest BCUT2D eigenvalue weighted by Crippen LogP contribution is -2.12. The number of pyridine rings is 1. The van der Waals surface area contributed by atoms with Crippen LogP contribution >= 0.6 is 11.3 Å². The standard InChI is InChI=1S/C19H15FN4O2S/c1-11-8-12(20)18(21-10-11)22-19(25)17-6-5-16(27-17)14-9-13(23-24(14)2)15-4-3-7-26-15/h3-10H,1-2H3,(H,21,22,25). The van der Waals surface area contributed by atoms with Crippen molar-refractivity contribution in [1.82, 2.24) is 14.8 Å². The van der Waals surface area contributed by atoms with Crippen molar-refractivity contribution < 1.29 is 13.6 Å². The maximum Gasteiger partial charge on any atom is 0.266 e. The first-order valence-electron chi connectivity index (χ1n) is 8.13. The lowest BCUT2D eigenvalue weighted by atomic mass is 10.2. The molecule has 0 unspecified atom stereocenters. The van der Waals surface area contributed by atoms with Crippen LogP contribution in [-0.4, -0.2) is 20.7 Å². The van der Waals surface area contributed by atoms with Crippen LogP contribution in [0.5, 0.6) is 0 Å². The quantitative estimate of drug-likeness (QED) is 0.564. The van der Waals surface area contributed by atoms with Crippen molar-refractivity contribution in [2.45, 2.75) is 6.92 Å². The zero-order valence-corrected chi connectivity index (χ0v) is 15.4. The number of thiophene rings is 1. The summed E-state index contributed by atoms with van der Waals surface area (Å²) in [6.07, 6.45) is 3.10. The van der Waals surface area contributed by atoms with E-state index in [0.29, 0.717) is 21.9 Å². The minimum absolute atomic E-state index is 0.0822. The van der Waals surface area contributed by atoms with Gasteiger partial charge in [-0.25, -0.2) is 9.37 Å². The molecule has 0 saturated carbocycles. The highest BCUT2D eigenvalue weighted by Crippen LogP contribution is 2.31. The third kappa shape index (κ3) is 3.39. The number of hydrogen-bond acceptors (Lipinski definition) is 5. The average molecular weight is 382 g/mol. The Morgan fingerprint density at radius 2 is 2.15 bits per heavy atom. The van der Waals surface area contributed by atoms with E-state index in [1.807, 2.05) is 25.2 Å². The summed E-state index contributed by atoms with van der Waals surface area (Å²) in [5.74, 6) is -0.377. The molecule has 0 aliphatic heterocycles. The first-order valence-corrected chi connectivity index (χ1v) is 8.94. The second-order valence-electron chi connectivity index (χ2n) is 5.98. The van der Waals surface area contributed by atoms with Crippen LogP contribution in [0.4, 0.5) is 10.2 Å². The van der Waals surface area contributed by atoms with Gasteiger partial charge in [-0.3, -0.25) is 9.48 Å². The lowest BCUT2D eigenvalue weighted by Gasteiger charge is -2.04. The van der Waals surface area contributed by atoms with E-state index in [9.17, 15) is 9.18 Å². The Kier molecular flexibility index (Phi) is 4.33. The van der Waals surface area contributed by atoms with Crippen LogP contribution in [0, 0.1) is 12.7 Å². The van der Waals surface area contributed by atoms with Crippen LogP contribution in [0.3, 0.4) is 0 Å². The molecule has 0 aromatic carbocycles. The van der Waals surface area contributed by atoms with E-state index in [2.05, 4.69) is 15.4 Å². The van der Waals surface area contributed by atoms with Gasteiger partial charge in [-0.15, -0.1) is 11.3 Å². The summed E-state index contributed by atoms with van der Waals surface area (Å²) in [4.78, 5) is 17.7. The van der Waals surface area contributed by atoms with Crippen molar-refractivity contribution in [2.24, 2.45) is 7.05 Å². The molecule has 0 fully saturated rings. The number of hydrogen-bond donors (Lipinski definition) is 1. The Labute approximate surface area is 158 Å². The predicted molar refractivity (Wildman–Crippen MR) is 101 cm³/mol. The van der Waals surface area contributed by atoms with Crippen LogP contribution in [0.1, 0.15) is 15.2 Å². The number of aryl methyl sites for hydroxylation is 2.